The van der Waals surface area contributed by atoms with Crippen LogP contribution in [0.5, 0.6) is 0 Å². The molecule has 0 radical (unpaired) electrons. The highest BCUT2D eigenvalue weighted by atomic mass is 16.3. The van der Waals surface area contributed by atoms with Gasteiger partial charge in [0, 0.05) is 12.1 Å². The van der Waals surface area contributed by atoms with Crippen molar-refractivity contribution in [3.63, 3.8) is 0 Å². The molecule has 0 aromatic carbocycles. The molecule has 0 amide bonds. The number of hydrogen-bond acceptors (Lipinski definition) is 2. The molecule has 2 atom stereocenters. The van der Waals surface area contributed by atoms with E-state index >= 15 is 0 Å². The molecule has 2 nitrogen and oxygen atoms in total. The lowest BCUT2D eigenvalue weighted by Gasteiger charge is -2.39. The monoisotopic (exact) mass is 171 g/mol. The Hall–Kier alpha value is -0.0800. The predicted octanol–water partition coefficient (Wildman–Crippen LogP) is 1.53. The van der Waals surface area contributed by atoms with Gasteiger partial charge in [0.1, 0.15) is 0 Å². The average Bonchev–Trinajstić information content (AvgIpc) is 1.82. The number of aliphatic hydroxyl groups is 1. The van der Waals surface area contributed by atoms with Gasteiger partial charge in [-0.15, -0.1) is 0 Å². The molecule has 1 rings (SSSR count). The van der Waals surface area contributed by atoms with Crippen molar-refractivity contribution in [3.8, 4) is 0 Å². The van der Waals surface area contributed by atoms with Crippen LogP contribution in [0.25, 0.3) is 0 Å². The summed E-state index contributed by atoms with van der Waals surface area (Å²) in [6, 6.07) is 1.09. The van der Waals surface area contributed by atoms with E-state index in [4.69, 9.17) is 0 Å². The maximum Gasteiger partial charge on any atom is 0.0620 e. The van der Waals surface area contributed by atoms with Gasteiger partial charge in [-0.1, -0.05) is 0 Å². The molecule has 0 spiro atoms. The van der Waals surface area contributed by atoms with E-state index in [2.05, 4.69) is 19.2 Å². The maximum atomic E-state index is 9.85. The van der Waals surface area contributed by atoms with Crippen LogP contribution in [0.3, 0.4) is 0 Å². The van der Waals surface area contributed by atoms with Crippen molar-refractivity contribution in [2.45, 2.75) is 58.2 Å². The molecule has 0 saturated carbocycles. The van der Waals surface area contributed by atoms with E-state index in [1.165, 1.54) is 0 Å². The van der Waals surface area contributed by atoms with E-state index in [1.807, 2.05) is 13.8 Å². The molecule has 0 bridgehead atoms. The smallest absolute Gasteiger partial charge is 0.0620 e. The summed E-state index contributed by atoms with van der Waals surface area (Å²) in [5, 5.41) is 13.3. The van der Waals surface area contributed by atoms with Crippen LogP contribution in [-0.2, 0) is 0 Å². The Labute approximate surface area is 75.4 Å². The lowest BCUT2D eigenvalue weighted by Crippen LogP contribution is -2.48. The second kappa shape index (κ2) is 3.35. The van der Waals surface area contributed by atoms with E-state index in [-0.39, 0.29) is 0 Å². The first kappa shape index (κ1) is 10.0. The van der Waals surface area contributed by atoms with Crippen molar-refractivity contribution in [2.75, 3.05) is 0 Å². The minimum Gasteiger partial charge on any atom is -0.390 e. The topological polar surface area (TPSA) is 32.3 Å². The molecule has 0 aromatic rings. The molecule has 1 fully saturated rings. The molecule has 1 saturated heterocycles. The van der Waals surface area contributed by atoms with Crippen LogP contribution in [-0.4, -0.2) is 22.8 Å². The molecule has 2 unspecified atom stereocenters. The Balaban J connectivity index is 2.55. The summed E-state index contributed by atoms with van der Waals surface area (Å²) < 4.78 is 0. The summed E-state index contributed by atoms with van der Waals surface area (Å²) in [5.41, 5.74) is -0.509. The van der Waals surface area contributed by atoms with Gasteiger partial charge in [0.15, 0.2) is 0 Å². The fourth-order valence-corrected chi connectivity index (χ4v) is 2.15. The normalized spacial score (nSPS) is 38.2. The molecule has 0 aliphatic carbocycles. The fraction of sp³-hybridized carbons (Fsp3) is 1.00. The molecular weight excluding hydrogens is 150 g/mol. The lowest BCUT2D eigenvalue weighted by molar-refractivity contribution is -0.00901. The van der Waals surface area contributed by atoms with Gasteiger partial charge in [-0.3, -0.25) is 0 Å². The third-order valence-corrected chi connectivity index (χ3v) is 2.84. The summed E-state index contributed by atoms with van der Waals surface area (Å²) in [4.78, 5) is 0. The molecule has 2 N–H and O–H groups in total. The average molecular weight is 171 g/mol. The van der Waals surface area contributed by atoms with Crippen LogP contribution < -0.4 is 5.32 Å². The van der Waals surface area contributed by atoms with Gasteiger partial charge in [-0.2, -0.15) is 0 Å². The minimum atomic E-state index is -0.509. The van der Waals surface area contributed by atoms with Gasteiger partial charge in [0.25, 0.3) is 0 Å². The maximum absolute atomic E-state index is 9.85. The van der Waals surface area contributed by atoms with Crippen LogP contribution in [0.4, 0.5) is 0 Å². The van der Waals surface area contributed by atoms with Gasteiger partial charge < -0.3 is 10.4 Å². The van der Waals surface area contributed by atoms with Gasteiger partial charge in [-0.05, 0) is 46.5 Å². The highest BCUT2D eigenvalue weighted by molar-refractivity contribution is 4.88. The van der Waals surface area contributed by atoms with E-state index in [9.17, 15) is 5.11 Å². The minimum absolute atomic E-state index is 0.448. The second-order valence-corrected chi connectivity index (χ2v) is 4.79. The molecule has 1 aliphatic heterocycles. The molecule has 12 heavy (non-hydrogen) atoms. The number of nitrogens with one attached hydrogen (secondary N) is 1. The number of hydrogen-bond donors (Lipinski definition) is 2. The number of rotatable bonds is 1. The van der Waals surface area contributed by atoms with Crippen molar-refractivity contribution in [1.29, 1.82) is 0 Å². The largest absolute Gasteiger partial charge is 0.390 e. The van der Waals surface area contributed by atoms with E-state index in [1.54, 1.807) is 0 Å². The first-order valence-corrected chi connectivity index (χ1v) is 4.88. The highest BCUT2D eigenvalue weighted by Gasteiger charge is 2.32. The summed E-state index contributed by atoms with van der Waals surface area (Å²) in [6.45, 7) is 8.22. The second-order valence-electron chi connectivity index (χ2n) is 4.79. The van der Waals surface area contributed by atoms with Crippen LogP contribution in [0, 0.1) is 5.92 Å². The first-order valence-electron chi connectivity index (χ1n) is 4.88. The number of piperidine rings is 1. The third kappa shape index (κ3) is 2.46. The summed E-state index contributed by atoms with van der Waals surface area (Å²) in [7, 11) is 0. The third-order valence-electron chi connectivity index (χ3n) is 2.84. The van der Waals surface area contributed by atoms with Crippen molar-refractivity contribution in [3.05, 3.63) is 0 Å². The lowest BCUT2D eigenvalue weighted by atomic mass is 9.79. The molecule has 0 aromatic heterocycles. The molecule has 1 heterocycles. The zero-order valence-corrected chi connectivity index (χ0v) is 8.59. The summed E-state index contributed by atoms with van der Waals surface area (Å²) >= 11 is 0. The zero-order valence-electron chi connectivity index (χ0n) is 8.59. The molecule has 72 valence electrons. The van der Waals surface area contributed by atoms with Crippen molar-refractivity contribution >= 4 is 0 Å². The Morgan fingerprint density at radius 3 is 1.92 bits per heavy atom. The van der Waals surface area contributed by atoms with Crippen LogP contribution in [0.15, 0.2) is 0 Å². The molecular formula is C10H21NO. The van der Waals surface area contributed by atoms with Crippen molar-refractivity contribution in [2.24, 2.45) is 5.92 Å². The van der Waals surface area contributed by atoms with E-state index in [0.29, 0.717) is 18.0 Å². The van der Waals surface area contributed by atoms with Crippen LogP contribution >= 0.6 is 0 Å². The van der Waals surface area contributed by atoms with E-state index in [0.717, 1.165) is 12.8 Å². The van der Waals surface area contributed by atoms with Gasteiger partial charge in [0.2, 0.25) is 0 Å². The highest BCUT2D eigenvalue weighted by Crippen LogP contribution is 2.29. The Morgan fingerprint density at radius 1 is 1.17 bits per heavy atom. The van der Waals surface area contributed by atoms with E-state index < -0.39 is 5.60 Å². The van der Waals surface area contributed by atoms with Gasteiger partial charge in [0.05, 0.1) is 5.60 Å². The molecule has 1 aliphatic rings. The van der Waals surface area contributed by atoms with Gasteiger partial charge in [-0.25, -0.2) is 0 Å². The SMILES string of the molecule is CC1CC(C(C)(C)O)CC(C)N1. The van der Waals surface area contributed by atoms with Crippen molar-refractivity contribution < 1.29 is 5.11 Å². The Kier molecular flexibility index (Phi) is 2.79. The Morgan fingerprint density at radius 2 is 1.58 bits per heavy atom. The summed E-state index contributed by atoms with van der Waals surface area (Å²) in [6.07, 6.45) is 2.18. The van der Waals surface area contributed by atoms with Crippen molar-refractivity contribution in [1.82, 2.24) is 5.32 Å². The van der Waals surface area contributed by atoms with Crippen LogP contribution in [0.2, 0.25) is 0 Å². The first-order chi connectivity index (χ1) is 5.39. The molecule has 2 heteroatoms. The van der Waals surface area contributed by atoms with Gasteiger partial charge >= 0.3 is 0 Å². The standard InChI is InChI=1S/C10H21NO/c1-7-5-9(10(3,4)12)6-8(2)11-7/h7-9,11-12H,5-6H2,1-4H3. The zero-order chi connectivity index (χ0) is 9.35. The summed E-state index contributed by atoms with van der Waals surface area (Å²) in [5.74, 6) is 0.448. The predicted molar refractivity (Wildman–Crippen MR) is 51.1 cm³/mol. The van der Waals surface area contributed by atoms with Crippen LogP contribution in [0.1, 0.15) is 40.5 Å². The fourth-order valence-electron chi connectivity index (χ4n) is 2.15. The quantitative estimate of drug-likeness (QED) is 0.627. The Bertz CT molecular complexity index is 140.